The Morgan fingerprint density at radius 1 is 1.07 bits per heavy atom. The average Bonchev–Trinajstić information content (AvgIpc) is 2.76. The Kier molecular flexibility index (Phi) is 2.58. The lowest BCUT2D eigenvalue weighted by atomic mass is 9.83. The fourth-order valence-electron chi connectivity index (χ4n) is 3.08. The quantitative estimate of drug-likeness (QED) is 0.603. The van der Waals surface area contributed by atoms with Crippen molar-refractivity contribution in [2.24, 2.45) is 11.3 Å². The van der Waals surface area contributed by atoms with Gasteiger partial charge in [0.1, 0.15) is 0 Å². The molecule has 0 heterocycles. The lowest BCUT2D eigenvalue weighted by Gasteiger charge is -2.23. The fraction of sp³-hybridized carbons (Fsp3) is 1.00. The molecule has 1 unspecified atom stereocenters. The second kappa shape index (κ2) is 3.47. The molecule has 2 aliphatic carbocycles. The predicted octanol–water partition coefficient (Wildman–Crippen LogP) is 1.37. The molecule has 2 aliphatic rings. The Morgan fingerprint density at radius 2 is 1.71 bits per heavy atom. The molecule has 14 heavy (non-hydrogen) atoms. The Labute approximate surface area is 84.8 Å². The molecule has 0 radical (unpaired) electrons. The van der Waals surface area contributed by atoms with E-state index in [1.807, 2.05) is 0 Å². The maximum Gasteiger partial charge on any atom is 0.275 e. The average molecular weight is 200 g/mol. The van der Waals surface area contributed by atoms with Crippen LogP contribution in [0.4, 0.5) is 0 Å². The summed E-state index contributed by atoms with van der Waals surface area (Å²) in [6.45, 7) is 0. The van der Waals surface area contributed by atoms with Crippen molar-refractivity contribution in [3.05, 3.63) is 0 Å². The Balaban J connectivity index is 1.75. The van der Waals surface area contributed by atoms with Crippen molar-refractivity contribution >= 4 is 0 Å². The largest absolute Gasteiger partial charge is 0.344 e. The van der Waals surface area contributed by atoms with Crippen LogP contribution >= 0.6 is 0 Å². The van der Waals surface area contributed by atoms with Crippen molar-refractivity contribution in [1.82, 2.24) is 0 Å². The zero-order valence-corrected chi connectivity index (χ0v) is 8.58. The van der Waals surface area contributed by atoms with Gasteiger partial charge in [-0.1, -0.05) is 19.3 Å². The van der Waals surface area contributed by atoms with Crippen LogP contribution < -0.4 is 0 Å². The molecule has 0 aliphatic heterocycles. The number of aliphatic hydroxyl groups is 3. The first-order valence-corrected chi connectivity index (χ1v) is 5.69. The lowest BCUT2D eigenvalue weighted by Crippen LogP contribution is -2.27. The Bertz CT molecular complexity index is 201. The summed E-state index contributed by atoms with van der Waals surface area (Å²) in [7, 11) is 0. The summed E-state index contributed by atoms with van der Waals surface area (Å²) >= 11 is 0. The van der Waals surface area contributed by atoms with Crippen molar-refractivity contribution < 1.29 is 15.3 Å². The third-order valence-corrected chi connectivity index (χ3v) is 4.04. The van der Waals surface area contributed by atoms with Crippen LogP contribution in [-0.4, -0.2) is 21.3 Å². The van der Waals surface area contributed by atoms with E-state index in [9.17, 15) is 0 Å². The van der Waals surface area contributed by atoms with Crippen LogP contribution in [0, 0.1) is 11.3 Å². The van der Waals surface area contributed by atoms with E-state index in [1.165, 1.54) is 38.5 Å². The van der Waals surface area contributed by atoms with Gasteiger partial charge in [0.05, 0.1) is 0 Å². The van der Waals surface area contributed by atoms with Crippen molar-refractivity contribution in [1.29, 1.82) is 0 Å². The molecule has 0 aromatic rings. The summed E-state index contributed by atoms with van der Waals surface area (Å²) in [4.78, 5) is 0. The third kappa shape index (κ3) is 2.27. The van der Waals surface area contributed by atoms with Crippen molar-refractivity contribution in [3.8, 4) is 0 Å². The zero-order valence-electron chi connectivity index (χ0n) is 8.58. The van der Waals surface area contributed by atoms with E-state index in [0.29, 0.717) is 11.3 Å². The molecule has 82 valence electrons. The van der Waals surface area contributed by atoms with Gasteiger partial charge in [-0.15, -0.1) is 0 Å². The molecule has 0 aromatic heterocycles. The first-order chi connectivity index (χ1) is 6.52. The number of rotatable bonds is 3. The molecule has 0 saturated heterocycles. The normalized spacial score (nSPS) is 30.6. The fourth-order valence-corrected chi connectivity index (χ4v) is 3.08. The van der Waals surface area contributed by atoms with Gasteiger partial charge in [-0.05, 0) is 37.0 Å². The van der Waals surface area contributed by atoms with Crippen molar-refractivity contribution in [2.75, 3.05) is 0 Å². The van der Waals surface area contributed by atoms with Crippen LogP contribution in [0.25, 0.3) is 0 Å². The van der Waals surface area contributed by atoms with Gasteiger partial charge < -0.3 is 15.3 Å². The number of hydrogen-bond acceptors (Lipinski definition) is 3. The van der Waals surface area contributed by atoms with Crippen molar-refractivity contribution in [2.45, 2.75) is 57.3 Å². The highest BCUT2D eigenvalue weighted by atomic mass is 16.7. The molecule has 0 amide bonds. The van der Waals surface area contributed by atoms with Gasteiger partial charge in [0.2, 0.25) is 0 Å². The second-order valence-electron chi connectivity index (χ2n) is 5.14. The molecule has 1 spiro atoms. The molecule has 0 bridgehead atoms. The highest BCUT2D eigenvalue weighted by Gasteiger charge is 2.53. The third-order valence-electron chi connectivity index (χ3n) is 4.04. The standard InChI is InChI=1S/C11H20O3/c12-11(13,14)7-4-9-8-10(9)5-2-1-3-6-10/h9,12-14H,1-8H2. The Morgan fingerprint density at radius 3 is 2.29 bits per heavy atom. The summed E-state index contributed by atoms with van der Waals surface area (Å²) in [6, 6.07) is 0. The van der Waals surface area contributed by atoms with E-state index in [0.717, 1.165) is 6.42 Å². The van der Waals surface area contributed by atoms with Crippen LogP contribution in [0.3, 0.4) is 0 Å². The topological polar surface area (TPSA) is 60.7 Å². The van der Waals surface area contributed by atoms with E-state index >= 15 is 0 Å². The van der Waals surface area contributed by atoms with Gasteiger partial charge in [0.15, 0.2) is 0 Å². The second-order valence-corrected chi connectivity index (χ2v) is 5.14. The van der Waals surface area contributed by atoms with E-state index in [4.69, 9.17) is 15.3 Å². The lowest BCUT2D eigenvalue weighted by molar-refractivity contribution is -0.315. The van der Waals surface area contributed by atoms with Crippen molar-refractivity contribution in [3.63, 3.8) is 0 Å². The molecule has 2 saturated carbocycles. The van der Waals surface area contributed by atoms with Crippen LogP contribution in [0.15, 0.2) is 0 Å². The molecule has 3 nitrogen and oxygen atoms in total. The molecule has 2 fully saturated rings. The van der Waals surface area contributed by atoms with Gasteiger partial charge in [-0.3, -0.25) is 0 Å². The van der Waals surface area contributed by atoms with Gasteiger partial charge in [-0.2, -0.15) is 0 Å². The summed E-state index contributed by atoms with van der Waals surface area (Å²) in [5, 5.41) is 26.4. The SMILES string of the molecule is OC(O)(O)CCC1CC12CCCCC2. The van der Waals surface area contributed by atoms with Crippen LogP contribution in [-0.2, 0) is 0 Å². The van der Waals surface area contributed by atoms with E-state index in [-0.39, 0.29) is 6.42 Å². The number of hydrogen-bond donors (Lipinski definition) is 3. The highest BCUT2D eigenvalue weighted by Crippen LogP contribution is 2.63. The van der Waals surface area contributed by atoms with Gasteiger partial charge >= 0.3 is 0 Å². The van der Waals surface area contributed by atoms with Gasteiger partial charge in [0, 0.05) is 6.42 Å². The van der Waals surface area contributed by atoms with Crippen LogP contribution in [0.1, 0.15) is 51.4 Å². The Hall–Kier alpha value is -0.120. The van der Waals surface area contributed by atoms with E-state index in [2.05, 4.69) is 0 Å². The minimum Gasteiger partial charge on any atom is -0.344 e. The minimum atomic E-state index is -2.45. The van der Waals surface area contributed by atoms with E-state index in [1.54, 1.807) is 0 Å². The monoisotopic (exact) mass is 200 g/mol. The van der Waals surface area contributed by atoms with E-state index < -0.39 is 5.97 Å². The molecular weight excluding hydrogens is 180 g/mol. The molecule has 2 rings (SSSR count). The summed E-state index contributed by atoms with van der Waals surface area (Å²) in [5.41, 5.74) is 0.531. The maximum absolute atomic E-state index is 8.79. The summed E-state index contributed by atoms with van der Waals surface area (Å²) in [6.07, 6.45) is 8.74. The summed E-state index contributed by atoms with van der Waals surface area (Å²) in [5.74, 6) is -1.81. The van der Waals surface area contributed by atoms with Crippen LogP contribution in [0.5, 0.6) is 0 Å². The molecule has 1 atom stereocenters. The summed E-state index contributed by atoms with van der Waals surface area (Å²) < 4.78 is 0. The van der Waals surface area contributed by atoms with Crippen LogP contribution in [0.2, 0.25) is 0 Å². The maximum atomic E-state index is 8.79. The minimum absolute atomic E-state index is 0.0966. The van der Waals surface area contributed by atoms with Gasteiger partial charge in [0.25, 0.3) is 5.97 Å². The zero-order chi connectivity index (χ0) is 10.2. The molecule has 0 aromatic carbocycles. The first kappa shape index (κ1) is 10.4. The predicted molar refractivity (Wildman–Crippen MR) is 52.2 cm³/mol. The highest BCUT2D eigenvalue weighted by molar-refractivity contribution is 5.03. The smallest absolute Gasteiger partial charge is 0.275 e. The molecule has 3 N–H and O–H groups in total. The first-order valence-electron chi connectivity index (χ1n) is 5.69. The molecular formula is C11H20O3. The van der Waals surface area contributed by atoms with Gasteiger partial charge in [-0.25, -0.2) is 0 Å². The molecule has 3 heteroatoms.